The van der Waals surface area contributed by atoms with E-state index >= 15 is 0 Å². The third-order valence-corrected chi connectivity index (χ3v) is 4.35. The number of H-pyrrole nitrogens is 1. The van der Waals surface area contributed by atoms with Crippen LogP contribution in [0.5, 0.6) is 0 Å². The lowest BCUT2D eigenvalue weighted by molar-refractivity contribution is 0.446. The fourth-order valence-electron chi connectivity index (χ4n) is 2.62. The second-order valence-corrected chi connectivity index (χ2v) is 5.30. The molecule has 0 bridgehead atoms. The molecule has 3 nitrogen and oxygen atoms in total. The van der Waals surface area contributed by atoms with Gasteiger partial charge in [-0.15, -0.1) is 11.3 Å². The number of nitrogens with zero attached hydrogens (tertiary/aromatic N) is 1. The third-order valence-electron chi connectivity index (χ3n) is 3.45. The molecule has 0 aromatic carbocycles. The Morgan fingerprint density at radius 1 is 1.31 bits per heavy atom. The van der Waals surface area contributed by atoms with E-state index < -0.39 is 0 Å². The van der Waals surface area contributed by atoms with Crippen molar-refractivity contribution in [3.63, 3.8) is 0 Å². The van der Waals surface area contributed by atoms with E-state index in [1.165, 1.54) is 44.0 Å². The number of hydrogen-bond acceptors (Lipinski definition) is 3. The van der Waals surface area contributed by atoms with Crippen LogP contribution >= 0.6 is 11.3 Å². The fraction of sp³-hybridized carbons (Fsp3) is 0.500. The van der Waals surface area contributed by atoms with Gasteiger partial charge < -0.3 is 4.98 Å². The van der Waals surface area contributed by atoms with Crippen LogP contribution in [-0.2, 0) is 0 Å². The topological polar surface area (TPSA) is 45.8 Å². The second kappa shape index (κ2) is 4.01. The van der Waals surface area contributed by atoms with E-state index in [2.05, 4.69) is 15.3 Å². The molecule has 0 amide bonds. The van der Waals surface area contributed by atoms with Crippen LogP contribution in [0.15, 0.2) is 16.5 Å². The van der Waals surface area contributed by atoms with E-state index in [0.29, 0.717) is 5.92 Å². The summed E-state index contributed by atoms with van der Waals surface area (Å²) in [6, 6.07) is 0. The molecule has 84 valence electrons. The Morgan fingerprint density at radius 2 is 2.12 bits per heavy atom. The summed E-state index contributed by atoms with van der Waals surface area (Å²) in [6.07, 6.45) is 7.86. The van der Waals surface area contributed by atoms with Gasteiger partial charge in [0.2, 0.25) is 0 Å². The maximum absolute atomic E-state index is 11.8. The van der Waals surface area contributed by atoms with Gasteiger partial charge in [0.25, 0.3) is 5.56 Å². The average molecular weight is 234 g/mol. The van der Waals surface area contributed by atoms with Gasteiger partial charge in [0.15, 0.2) is 0 Å². The fourth-order valence-corrected chi connectivity index (χ4v) is 3.61. The Bertz CT molecular complexity index is 551. The number of hydrogen-bond donors (Lipinski definition) is 1. The molecule has 2 heterocycles. The minimum absolute atomic E-state index is 0.0202. The Hall–Kier alpha value is -1.16. The molecule has 16 heavy (non-hydrogen) atoms. The molecule has 0 unspecified atom stereocenters. The van der Waals surface area contributed by atoms with E-state index in [4.69, 9.17) is 0 Å². The predicted molar refractivity (Wildman–Crippen MR) is 66.1 cm³/mol. The number of rotatable bonds is 1. The largest absolute Gasteiger partial charge is 0.313 e. The number of nitrogens with one attached hydrogen (secondary N) is 1. The molecule has 0 saturated heterocycles. The van der Waals surface area contributed by atoms with Gasteiger partial charge in [-0.2, -0.15) is 0 Å². The van der Waals surface area contributed by atoms with Crippen LogP contribution in [0.4, 0.5) is 0 Å². The Labute approximate surface area is 97.5 Å². The molecule has 2 aromatic rings. The summed E-state index contributed by atoms with van der Waals surface area (Å²) in [5, 5.41) is 2.96. The monoisotopic (exact) mass is 234 g/mol. The first kappa shape index (κ1) is 10.0. The summed E-state index contributed by atoms with van der Waals surface area (Å²) in [5.41, 5.74) is 1.25. The highest BCUT2D eigenvalue weighted by Crippen LogP contribution is 2.37. The quantitative estimate of drug-likeness (QED) is 0.824. The first-order chi connectivity index (χ1) is 7.86. The van der Waals surface area contributed by atoms with Gasteiger partial charge in [-0.05, 0) is 29.7 Å². The molecule has 4 heteroatoms. The smallest absolute Gasteiger partial charge is 0.259 e. The van der Waals surface area contributed by atoms with E-state index in [1.807, 2.05) is 0 Å². The van der Waals surface area contributed by atoms with Gasteiger partial charge in [0.1, 0.15) is 4.83 Å². The summed E-state index contributed by atoms with van der Waals surface area (Å²) >= 11 is 1.59. The van der Waals surface area contributed by atoms with Gasteiger partial charge in [0.05, 0.1) is 11.7 Å². The van der Waals surface area contributed by atoms with Crippen molar-refractivity contribution < 1.29 is 0 Å². The molecule has 1 aliphatic carbocycles. The maximum Gasteiger partial charge on any atom is 0.259 e. The Balaban J connectivity index is 2.12. The summed E-state index contributed by atoms with van der Waals surface area (Å²) in [6.45, 7) is 0. The van der Waals surface area contributed by atoms with Crippen LogP contribution in [0.1, 0.15) is 43.6 Å². The molecular formula is C12H14N2OS. The van der Waals surface area contributed by atoms with Gasteiger partial charge in [-0.25, -0.2) is 4.98 Å². The number of fused-ring (bicyclic) bond motifs is 1. The van der Waals surface area contributed by atoms with E-state index in [-0.39, 0.29) is 5.56 Å². The molecule has 0 aliphatic heterocycles. The molecule has 1 aliphatic rings. The van der Waals surface area contributed by atoms with Crippen LogP contribution < -0.4 is 5.56 Å². The zero-order chi connectivity index (χ0) is 11.0. The van der Waals surface area contributed by atoms with Crippen LogP contribution in [0, 0.1) is 0 Å². The molecule has 0 atom stereocenters. The van der Waals surface area contributed by atoms with E-state index in [9.17, 15) is 4.79 Å². The van der Waals surface area contributed by atoms with Crippen molar-refractivity contribution in [1.82, 2.24) is 9.97 Å². The van der Waals surface area contributed by atoms with Gasteiger partial charge in [-0.1, -0.05) is 19.3 Å². The number of aromatic amines is 1. The van der Waals surface area contributed by atoms with Crippen molar-refractivity contribution >= 4 is 21.6 Å². The van der Waals surface area contributed by atoms with Crippen molar-refractivity contribution in [2.75, 3.05) is 0 Å². The van der Waals surface area contributed by atoms with Crippen molar-refractivity contribution in [2.45, 2.75) is 38.0 Å². The zero-order valence-electron chi connectivity index (χ0n) is 9.03. The summed E-state index contributed by atoms with van der Waals surface area (Å²) in [4.78, 5) is 19.6. The second-order valence-electron chi connectivity index (χ2n) is 4.44. The zero-order valence-corrected chi connectivity index (χ0v) is 9.85. The lowest BCUT2D eigenvalue weighted by atomic mass is 9.84. The molecule has 1 saturated carbocycles. The van der Waals surface area contributed by atoms with Gasteiger partial charge in [-0.3, -0.25) is 4.79 Å². The number of thiophene rings is 1. The van der Waals surface area contributed by atoms with Crippen molar-refractivity contribution in [2.24, 2.45) is 0 Å². The Kier molecular flexibility index (Phi) is 2.52. The summed E-state index contributed by atoms with van der Waals surface area (Å²) < 4.78 is 0. The highest BCUT2D eigenvalue weighted by atomic mass is 32.1. The molecule has 0 spiro atoms. The molecule has 1 N–H and O–H groups in total. The Morgan fingerprint density at radius 3 is 2.94 bits per heavy atom. The summed E-state index contributed by atoms with van der Waals surface area (Å²) in [7, 11) is 0. The number of aromatic nitrogens is 2. The van der Waals surface area contributed by atoms with Crippen LogP contribution in [0.3, 0.4) is 0 Å². The molecule has 1 fully saturated rings. The van der Waals surface area contributed by atoms with Crippen molar-refractivity contribution in [3.05, 3.63) is 27.6 Å². The lowest BCUT2D eigenvalue weighted by Crippen LogP contribution is -2.10. The van der Waals surface area contributed by atoms with Crippen molar-refractivity contribution in [3.8, 4) is 0 Å². The first-order valence-corrected chi connectivity index (χ1v) is 6.69. The first-order valence-electron chi connectivity index (χ1n) is 5.81. The van der Waals surface area contributed by atoms with Gasteiger partial charge >= 0.3 is 0 Å². The van der Waals surface area contributed by atoms with E-state index in [1.54, 1.807) is 11.3 Å². The van der Waals surface area contributed by atoms with Crippen LogP contribution in [0.2, 0.25) is 0 Å². The molecular weight excluding hydrogens is 220 g/mol. The minimum Gasteiger partial charge on any atom is -0.313 e. The van der Waals surface area contributed by atoms with Gasteiger partial charge in [0, 0.05) is 0 Å². The average Bonchev–Trinajstić information content (AvgIpc) is 2.75. The molecule has 0 radical (unpaired) electrons. The predicted octanol–water partition coefficient (Wildman–Crippen LogP) is 3.03. The van der Waals surface area contributed by atoms with Crippen molar-refractivity contribution in [1.29, 1.82) is 0 Å². The normalized spacial score (nSPS) is 18.0. The molecule has 2 aromatic heterocycles. The highest BCUT2D eigenvalue weighted by Gasteiger charge is 2.20. The van der Waals surface area contributed by atoms with Crippen LogP contribution in [0.25, 0.3) is 10.2 Å². The van der Waals surface area contributed by atoms with Crippen LogP contribution in [-0.4, -0.2) is 9.97 Å². The molecule has 3 rings (SSSR count). The van der Waals surface area contributed by atoms with E-state index in [0.717, 1.165) is 10.2 Å². The highest BCUT2D eigenvalue weighted by molar-refractivity contribution is 7.16. The third kappa shape index (κ3) is 1.57. The standard InChI is InChI=1S/C12H14N2OS/c15-11-10-9(8-4-2-1-3-5-8)6-16-12(10)14-7-13-11/h6-8H,1-5H2,(H,13,14,15). The maximum atomic E-state index is 11.8. The lowest BCUT2D eigenvalue weighted by Gasteiger charge is -2.20. The summed E-state index contributed by atoms with van der Waals surface area (Å²) in [5.74, 6) is 0.577. The SMILES string of the molecule is O=c1[nH]cnc2scc(C3CCCCC3)c12. The minimum atomic E-state index is 0.0202.